The normalized spacial score (nSPS) is 10.9. The molecule has 6 heteroatoms. The minimum atomic E-state index is -0.508. The lowest BCUT2D eigenvalue weighted by Crippen LogP contribution is -2.20. The summed E-state index contributed by atoms with van der Waals surface area (Å²) in [7, 11) is 0. The van der Waals surface area contributed by atoms with E-state index in [1.165, 1.54) is 17.7 Å². The van der Waals surface area contributed by atoms with Gasteiger partial charge in [-0.1, -0.05) is 42.8 Å². The zero-order valence-electron chi connectivity index (χ0n) is 15.9. The van der Waals surface area contributed by atoms with Gasteiger partial charge in [-0.25, -0.2) is 4.39 Å². The molecule has 4 nitrogen and oxygen atoms in total. The number of nitrogens with one attached hydrogen (secondary N) is 1. The number of hydrogen-bond donors (Lipinski definition) is 1. The van der Waals surface area contributed by atoms with E-state index in [-0.39, 0.29) is 12.3 Å². The van der Waals surface area contributed by atoms with Crippen molar-refractivity contribution in [1.82, 2.24) is 0 Å². The van der Waals surface area contributed by atoms with Gasteiger partial charge in [0.2, 0.25) is 0 Å². The van der Waals surface area contributed by atoms with Crippen LogP contribution in [-0.2, 0) is 11.2 Å². The molecule has 0 aliphatic heterocycles. The van der Waals surface area contributed by atoms with Gasteiger partial charge in [0.25, 0.3) is 5.91 Å². The van der Waals surface area contributed by atoms with Crippen LogP contribution in [0.1, 0.15) is 18.1 Å². The summed E-state index contributed by atoms with van der Waals surface area (Å²) < 4.78 is 19.0. The van der Waals surface area contributed by atoms with Crippen LogP contribution in [-0.4, -0.2) is 18.7 Å². The first-order chi connectivity index (χ1) is 14.0. The second-order valence-corrected chi connectivity index (χ2v) is 6.69. The predicted molar refractivity (Wildman–Crippen MR) is 115 cm³/mol. The van der Waals surface area contributed by atoms with E-state index in [4.69, 9.17) is 16.3 Å². The third-order valence-electron chi connectivity index (χ3n) is 4.17. The number of hydrogen-bond acceptors (Lipinski definition) is 3. The maximum Gasteiger partial charge on any atom is 0.262 e. The van der Waals surface area contributed by atoms with Gasteiger partial charge in [-0.05, 0) is 60.0 Å². The van der Waals surface area contributed by atoms with Crippen LogP contribution in [0, 0.1) is 5.82 Å². The molecule has 3 rings (SSSR count). The minimum absolute atomic E-state index is 0.103. The Morgan fingerprint density at radius 1 is 1.14 bits per heavy atom. The third kappa shape index (κ3) is 5.90. The van der Waals surface area contributed by atoms with E-state index in [9.17, 15) is 9.18 Å². The van der Waals surface area contributed by atoms with Gasteiger partial charge in [-0.15, -0.1) is 0 Å². The number of amides is 1. The number of benzene rings is 3. The second-order valence-electron chi connectivity index (χ2n) is 6.28. The Balaban J connectivity index is 1.58. The van der Waals surface area contributed by atoms with E-state index < -0.39 is 11.7 Å². The quantitative estimate of drug-likeness (QED) is 0.500. The SMILES string of the molecule is CCc1ccc(N=Cc2ccc(OCC(=O)Nc3ccccc3F)c(Cl)c2)cc1. The second kappa shape index (κ2) is 9.85. The molecule has 0 fully saturated rings. The van der Waals surface area contributed by atoms with Crippen LogP contribution in [0.2, 0.25) is 5.02 Å². The Bertz CT molecular complexity index is 1020. The highest BCUT2D eigenvalue weighted by Crippen LogP contribution is 2.25. The molecule has 0 unspecified atom stereocenters. The third-order valence-corrected chi connectivity index (χ3v) is 4.47. The van der Waals surface area contributed by atoms with E-state index >= 15 is 0 Å². The lowest BCUT2D eigenvalue weighted by atomic mass is 10.1. The number of aliphatic imine (C=N–C) groups is 1. The van der Waals surface area contributed by atoms with Gasteiger partial charge in [0, 0.05) is 6.21 Å². The standard InChI is InChI=1S/C23H20ClFN2O2/c1-2-16-7-10-18(11-8-16)26-14-17-9-12-22(19(24)13-17)29-15-23(28)27-21-6-4-3-5-20(21)25/h3-14H,2,15H2,1H3,(H,27,28). The van der Waals surface area contributed by atoms with Crippen molar-refractivity contribution in [3.63, 3.8) is 0 Å². The number of ether oxygens (including phenoxy) is 1. The van der Waals surface area contributed by atoms with Crippen LogP contribution in [0.3, 0.4) is 0 Å². The van der Waals surface area contributed by atoms with Crippen molar-refractivity contribution in [2.24, 2.45) is 4.99 Å². The zero-order chi connectivity index (χ0) is 20.6. The van der Waals surface area contributed by atoms with E-state index in [0.29, 0.717) is 10.8 Å². The molecular weight excluding hydrogens is 391 g/mol. The van der Waals surface area contributed by atoms with Crippen molar-refractivity contribution in [1.29, 1.82) is 0 Å². The number of rotatable bonds is 7. The van der Waals surface area contributed by atoms with Gasteiger partial charge in [-0.2, -0.15) is 0 Å². The molecule has 0 spiro atoms. The maximum absolute atomic E-state index is 13.6. The van der Waals surface area contributed by atoms with Crippen LogP contribution in [0.4, 0.5) is 15.8 Å². The fraction of sp³-hybridized carbons (Fsp3) is 0.130. The summed E-state index contributed by atoms with van der Waals surface area (Å²) in [5, 5.41) is 2.81. The Morgan fingerprint density at radius 3 is 2.59 bits per heavy atom. The summed E-state index contributed by atoms with van der Waals surface area (Å²) in [6.07, 6.45) is 2.70. The molecule has 0 saturated carbocycles. The first-order valence-electron chi connectivity index (χ1n) is 9.15. The number of para-hydroxylation sites is 1. The summed E-state index contributed by atoms with van der Waals surface area (Å²) in [5.74, 6) is -0.626. The molecule has 3 aromatic carbocycles. The molecule has 0 saturated heterocycles. The van der Waals surface area contributed by atoms with Gasteiger partial charge in [-0.3, -0.25) is 9.79 Å². The van der Waals surface area contributed by atoms with Crippen molar-refractivity contribution in [3.05, 3.63) is 88.7 Å². The molecule has 1 amide bonds. The average Bonchev–Trinajstić information content (AvgIpc) is 2.73. The molecule has 1 N–H and O–H groups in total. The number of anilines is 1. The van der Waals surface area contributed by atoms with E-state index in [1.54, 1.807) is 36.5 Å². The molecule has 0 radical (unpaired) electrons. The lowest BCUT2D eigenvalue weighted by molar-refractivity contribution is -0.118. The van der Waals surface area contributed by atoms with Gasteiger partial charge >= 0.3 is 0 Å². The van der Waals surface area contributed by atoms with E-state index in [1.807, 2.05) is 24.3 Å². The predicted octanol–water partition coefficient (Wildman–Crippen LogP) is 5.81. The molecular formula is C23H20ClFN2O2. The van der Waals surface area contributed by atoms with Crippen molar-refractivity contribution in [2.45, 2.75) is 13.3 Å². The minimum Gasteiger partial charge on any atom is -0.482 e. The topological polar surface area (TPSA) is 50.7 Å². The van der Waals surface area contributed by atoms with Crippen LogP contribution >= 0.6 is 11.6 Å². The van der Waals surface area contributed by atoms with Gasteiger partial charge in [0.1, 0.15) is 11.6 Å². The number of nitrogens with zero attached hydrogens (tertiary/aromatic N) is 1. The molecule has 0 bridgehead atoms. The average molecular weight is 411 g/mol. The van der Waals surface area contributed by atoms with Gasteiger partial charge in [0.05, 0.1) is 16.4 Å². The smallest absolute Gasteiger partial charge is 0.262 e. The highest BCUT2D eigenvalue weighted by Gasteiger charge is 2.09. The van der Waals surface area contributed by atoms with E-state index in [2.05, 4.69) is 17.2 Å². The monoisotopic (exact) mass is 410 g/mol. The number of carbonyl (C=O) groups excluding carboxylic acids is 1. The molecule has 0 aliphatic rings. The first-order valence-corrected chi connectivity index (χ1v) is 9.52. The van der Waals surface area contributed by atoms with Crippen molar-refractivity contribution < 1.29 is 13.9 Å². The molecule has 3 aromatic rings. The van der Waals surface area contributed by atoms with Crippen LogP contribution < -0.4 is 10.1 Å². The highest BCUT2D eigenvalue weighted by atomic mass is 35.5. The Kier molecular flexibility index (Phi) is 6.98. The Hall–Kier alpha value is -3.18. The number of carbonyl (C=O) groups is 1. The molecule has 0 aromatic heterocycles. The molecule has 29 heavy (non-hydrogen) atoms. The summed E-state index contributed by atoms with van der Waals surface area (Å²) in [4.78, 5) is 16.4. The molecule has 0 heterocycles. The van der Waals surface area contributed by atoms with Crippen molar-refractivity contribution in [2.75, 3.05) is 11.9 Å². The zero-order valence-corrected chi connectivity index (χ0v) is 16.6. The number of aryl methyl sites for hydroxylation is 1. The molecule has 0 aliphatic carbocycles. The summed E-state index contributed by atoms with van der Waals surface area (Å²) in [6, 6.07) is 19.1. The lowest BCUT2D eigenvalue weighted by Gasteiger charge is -2.09. The van der Waals surface area contributed by atoms with Gasteiger partial charge in [0.15, 0.2) is 6.61 Å². The Morgan fingerprint density at radius 2 is 1.90 bits per heavy atom. The Labute approximate surface area is 174 Å². The van der Waals surface area contributed by atoms with Crippen molar-refractivity contribution in [3.8, 4) is 5.75 Å². The molecule has 0 atom stereocenters. The fourth-order valence-corrected chi connectivity index (χ4v) is 2.82. The fourth-order valence-electron chi connectivity index (χ4n) is 2.57. The van der Waals surface area contributed by atoms with Gasteiger partial charge < -0.3 is 10.1 Å². The van der Waals surface area contributed by atoms with E-state index in [0.717, 1.165) is 17.7 Å². The van der Waals surface area contributed by atoms with Crippen LogP contribution in [0.15, 0.2) is 71.7 Å². The number of halogens is 2. The largest absolute Gasteiger partial charge is 0.482 e. The van der Waals surface area contributed by atoms with Crippen LogP contribution in [0.5, 0.6) is 5.75 Å². The summed E-state index contributed by atoms with van der Waals surface area (Å²) >= 11 is 6.24. The van der Waals surface area contributed by atoms with Crippen molar-refractivity contribution >= 4 is 35.1 Å². The first kappa shape index (κ1) is 20.6. The summed E-state index contributed by atoms with van der Waals surface area (Å²) in [6.45, 7) is 1.82. The van der Waals surface area contributed by atoms with Crippen LogP contribution in [0.25, 0.3) is 0 Å². The summed E-state index contributed by atoms with van der Waals surface area (Å²) in [5.41, 5.74) is 3.01. The highest BCUT2D eigenvalue weighted by molar-refractivity contribution is 6.32. The maximum atomic E-state index is 13.6. The molecule has 148 valence electrons.